The third kappa shape index (κ3) is 3.09. The number of nitrogens with two attached hydrogens (primary N) is 1. The lowest BCUT2D eigenvalue weighted by atomic mass is 9.82. The van der Waals surface area contributed by atoms with Crippen molar-refractivity contribution in [3.05, 3.63) is 34.3 Å². The van der Waals surface area contributed by atoms with Gasteiger partial charge in [-0.2, -0.15) is 0 Å². The zero-order chi connectivity index (χ0) is 12.3. The van der Waals surface area contributed by atoms with Crippen LogP contribution in [0.2, 0.25) is 0 Å². The normalized spacial score (nSPS) is 26.8. The monoisotopic (exact) mass is 296 g/mol. The number of benzene rings is 1. The van der Waals surface area contributed by atoms with Crippen molar-refractivity contribution in [2.45, 2.75) is 18.8 Å². The standard InChI is InChI=1S/C14H21BrN2/c1-17-8-6-11(10-16)12(7-9-17)13-4-2-3-5-14(13)15/h2-5,11-12H,6-10,16H2,1H3. The van der Waals surface area contributed by atoms with Crippen LogP contribution in [0, 0.1) is 5.92 Å². The maximum absolute atomic E-state index is 5.96. The molecule has 0 aromatic heterocycles. The lowest BCUT2D eigenvalue weighted by Crippen LogP contribution is -2.22. The second-order valence-electron chi connectivity index (χ2n) is 5.00. The van der Waals surface area contributed by atoms with Crippen LogP contribution in [0.4, 0.5) is 0 Å². The number of hydrogen-bond acceptors (Lipinski definition) is 2. The average molecular weight is 297 g/mol. The molecule has 0 saturated carbocycles. The highest BCUT2D eigenvalue weighted by molar-refractivity contribution is 9.10. The van der Waals surface area contributed by atoms with Crippen molar-refractivity contribution in [3.8, 4) is 0 Å². The average Bonchev–Trinajstić information content (AvgIpc) is 2.52. The molecule has 0 radical (unpaired) electrons. The van der Waals surface area contributed by atoms with Crippen LogP contribution < -0.4 is 5.73 Å². The van der Waals surface area contributed by atoms with Crippen molar-refractivity contribution in [2.24, 2.45) is 11.7 Å². The summed E-state index contributed by atoms with van der Waals surface area (Å²) in [4.78, 5) is 2.42. The van der Waals surface area contributed by atoms with E-state index in [1.54, 1.807) is 0 Å². The highest BCUT2D eigenvalue weighted by Gasteiger charge is 2.26. The Morgan fingerprint density at radius 1 is 1.29 bits per heavy atom. The van der Waals surface area contributed by atoms with Crippen LogP contribution in [0.15, 0.2) is 28.7 Å². The molecule has 2 nitrogen and oxygen atoms in total. The van der Waals surface area contributed by atoms with E-state index in [4.69, 9.17) is 5.73 Å². The van der Waals surface area contributed by atoms with Gasteiger partial charge in [-0.3, -0.25) is 0 Å². The van der Waals surface area contributed by atoms with Gasteiger partial charge in [-0.15, -0.1) is 0 Å². The molecule has 0 spiro atoms. The molecular weight excluding hydrogens is 276 g/mol. The van der Waals surface area contributed by atoms with Crippen molar-refractivity contribution in [1.29, 1.82) is 0 Å². The van der Waals surface area contributed by atoms with Crippen molar-refractivity contribution < 1.29 is 0 Å². The molecule has 1 heterocycles. The third-order valence-corrected chi connectivity index (χ3v) is 4.60. The Labute approximate surface area is 112 Å². The Bertz CT molecular complexity index is 367. The van der Waals surface area contributed by atoms with E-state index in [-0.39, 0.29) is 0 Å². The van der Waals surface area contributed by atoms with Gasteiger partial charge in [-0.1, -0.05) is 34.1 Å². The second-order valence-corrected chi connectivity index (χ2v) is 5.86. The number of hydrogen-bond donors (Lipinski definition) is 1. The van der Waals surface area contributed by atoms with E-state index >= 15 is 0 Å². The maximum Gasteiger partial charge on any atom is 0.0210 e. The second kappa shape index (κ2) is 5.98. The van der Waals surface area contributed by atoms with E-state index < -0.39 is 0 Å². The molecule has 1 aliphatic heterocycles. The maximum atomic E-state index is 5.96. The molecule has 1 aliphatic rings. The summed E-state index contributed by atoms with van der Waals surface area (Å²) in [6, 6.07) is 8.58. The minimum absolute atomic E-state index is 0.598. The summed E-state index contributed by atoms with van der Waals surface area (Å²) >= 11 is 3.67. The van der Waals surface area contributed by atoms with Gasteiger partial charge in [0.2, 0.25) is 0 Å². The van der Waals surface area contributed by atoms with Gasteiger partial charge in [0.05, 0.1) is 0 Å². The highest BCUT2D eigenvalue weighted by Crippen LogP contribution is 2.36. The molecule has 1 aromatic rings. The van der Waals surface area contributed by atoms with Gasteiger partial charge in [-0.25, -0.2) is 0 Å². The number of nitrogens with zero attached hydrogens (tertiary/aromatic N) is 1. The summed E-state index contributed by atoms with van der Waals surface area (Å²) in [5, 5.41) is 0. The molecule has 17 heavy (non-hydrogen) atoms. The highest BCUT2D eigenvalue weighted by atomic mass is 79.9. The summed E-state index contributed by atoms with van der Waals surface area (Å²) in [6.07, 6.45) is 2.42. The molecule has 0 amide bonds. The first kappa shape index (κ1) is 13.1. The third-order valence-electron chi connectivity index (χ3n) is 3.88. The van der Waals surface area contributed by atoms with Gasteiger partial charge in [0.15, 0.2) is 0 Å². The lowest BCUT2D eigenvalue weighted by Gasteiger charge is -2.24. The summed E-state index contributed by atoms with van der Waals surface area (Å²) in [7, 11) is 2.20. The number of halogens is 1. The Morgan fingerprint density at radius 2 is 2.00 bits per heavy atom. The first-order chi connectivity index (χ1) is 8.22. The Balaban J connectivity index is 2.24. The van der Waals surface area contributed by atoms with Gasteiger partial charge in [-0.05, 0) is 63.0 Å². The van der Waals surface area contributed by atoms with Gasteiger partial charge < -0.3 is 10.6 Å². The van der Waals surface area contributed by atoms with E-state index in [0.29, 0.717) is 11.8 Å². The van der Waals surface area contributed by atoms with Gasteiger partial charge in [0, 0.05) is 4.47 Å². The largest absolute Gasteiger partial charge is 0.330 e. The van der Waals surface area contributed by atoms with E-state index in [1.165, 1.54) is 36.0 Å². The predicted molar refractivity (Wildman–Crippen MR) is 76.2 cm³/mol. The number of rotatable bonds is 2. The molecule has 2 rings (SSSR count). The van der Waals surface area contributed by atoms with Crippen molar-refractivity contribution >= 4 is 15.9 Å². The summed E-state index contributed by atoms with van der Waals surface area (Å²) in [5.74, 6) is 1.21. The van der Waals surface area contributed by atoms with Crippen LogP contribution in [0.3, 0.4) is 0 Å². The van der Waals surface area contributed by atoms with Gasteiger partial charge in [0.1, 0.15) is 0 Å². The first-order valence-corrected chi connectivity index (χ1v) is 7.14. The summed E-state index contributed by atoms with van der Waals surface area (Å²) < 4.78 is 1.23. The zero-order valence-corrected chi connectivity index (χ0v) is 12.0. The Hall–Kier alpha value is -0.380. The smallest absolute Gasteiger partial charge is 0.0210 e. The molecule has 2 atom stereocenters. The van der Waals surface area contributed by atoms with Crippen molar-refractivity contribution in [1.82, 2.24) is 4.90 Å². The zero-order valence-electron chi connectivity index (χ0n) is 10.4. The van der Waals surface area contributed by atoms with Crippen LogP contribution >= 0.6 is 15.9 Å². The fourth-order valence-electron chi connectivity index (χ4n) is 2.76. The minimum atomic E-state index is 0.598. The van der Waals surface area contributed by atoms with Crippen LogP contribution in [-0.4, -0.2) is 31.6 Å². The SMILES string of the molecule is CN1CCC(CN)C(c2ccccc2Br)CC1. The van der Waals surface area contributed by atoms with E-state index in [2.05, 4.69) is 52.1 Å². The van der Waals surface area contributed by atoms with Crippen LogP contribution in [-0.2, 0) is 0 Å². The van der Waals surface area contributed by atoms with Crippen LogP contribution in [0.25, 0.3) is 0 Å². The predicted octanol–water partition coefficient (Wildman–Crippen LogP) is 2.83. The quantitative estimate of drug-likeness (QED) is 0.909. The summed E-state index contributed by atoms with van der Waals surface area (Å²) in [5.41, 5.74) is 7.39. The van der Waals surface area contributed by atoms with E-state index in [9.17, 15) is 0 Å². The Kier molecular flexibility index (Phi) is 4.60. The topological polar surface area (TPSA) is 29.3 Å². The molecule has 1 saturated heterocycles. The van der Waals surface area contributed by atoms with Gasteiger partial charge in [0.25, 0.3) is 0 Å². The molecule has 2 unspecified atom stereocenters. The van der Waals surface area contributed by atoms with Crippen LogP contribution in [0.5, 0.6) is 0 Å². The Morgan fingerprint density at radius 3 is 2.71 bits per heavy atom. The molecule has 2 N–H and O–H groups in total. The number of likely N-dealkylation sites (tertiary alicyclic amines) is 1. The molecule has 1 fully saturated rings. The molecule has 94 valence electrons. The molecule has 1 aromatic carbocycles. The fraction of sp³-hybridized carbons (Fsp3) is 0.571. The minimum Gasteiger partial charge on any atom is -0.330 e. The van der Waals surface area contributed by atoms with Crippen molar-refractivity contribution in [2.75, 3.05) is 26.7 Å². The summed E-state index contributed by atoms with van der Waals surface area (Å²) in [6.45, 7) is 3.13. The molecule has 0 aliphatic carbocycles. The molecular formula is C14H21BrN2. The lowest BCUT2D eigenvalue weighted by molar-refractivity contribution is 0.342. The molecule has 0 bridgehead atoms. The van der Waals surface area contributed by atoms with E-state index in [0.717, 1.165) is 6.54 Å². The van der Waals surface area contributed by atoms with Crippen molar-refractivity contribution in [3.63, 3.8) is 0 Å². The molecule has 3 heteroatoms. The van der Waals surface area contributed by atoms with E-state index in [1.807, 2.05) is 0 Å². The first-order valence-electron chi connectivity index (χ1n) is 6.35. The van der Waals surface area contributed by atoms with Gasteiger partial charge >= 0.3 is 0 Å². The fourth-order valence-corrected chi connectivity index (χ4v) is 3.34. The van der Waals surface area contributed by atoms with Crippen LogP contribution in [0.1, 0.15) is 24.3 Å².